The number of benzene rings is 1. The molecule has 2 heterocycles. The van der Waals surface area contributed by atoms with E-state index in [0.29, 0.717) is 18.5 Å². The van der Waals surface area contributed by atoms with Crippen LogP contribution in [0.3, 0.4) is 0 Å². The van der Waals surface area contributed by atoms with Crippen LogP contribution in [0.25, 0.3) is 0 Å². The fourth-order valence-electron chi connectivity index (χ4n) is 2.74. The number of nitrogens with zero attached hydrogens (tertiary/aromatic N) is 3. The quantitative estimate of drug-likeness (QED) is 0.337. The number of aromatic nitrogens is 1. The SMILES string of the molecule is O=C(/C(=N/O)Nc1ccc(F)c(Br)c1)C1CCN(c2nccs2)CC1. The van der Waals surface area contributed by atoms with Crippen LogP contribution in [-0.4, -0.2) is 34.9 Å². The summed E-state index contributed by atoms with van der Waals surface area (Å²) in [6.07, 6.45) is 3.08. The average Bonchev–Trinajstić information content (AvgIpc) is 3.17. The van der Waals surface area contributed by atoms with Gasteiger partial charge in [0, 0.05) is 36.3 Å². The molecule has 0 amide bonds. The van der Waals surface area contributed by atoms with E-state index in [0.717, 1.165) is 18.2 Å². The minimum absolute atomic E-state index is 0.133. The molecule has 1 aromatic heterocycles. The zero-order chi connectivity index (χ0) is 17.8. The molecule has 0 radical (unpaired) electrons. The molecular formula is C16H16BrFN4O2S. The number of nitrogens with one attached hydrogen (secondary N) is 1. The Morgan fingerprint density at radius 3 is 2.80 bits per heavy atom. The minimum atomic E-state index is -0.408. The molecule has 1 aliphatic rings. The largest absolute Gasteiger partial charge is 0.409 e. The third kappa shape index (κ3) is 4.16. The van der Waals surface area contributed by atoms with Crippen molar-refractivity contribution in [3.8, 4) is 0 Å². The van der Waals surface area contributed by atoms with Gasteiger partial charge < -0.3 is 15.4 Å². The second kappa shape index (κ2) is 7.92. The normalized spacial score (nSPS) is 16.1. The maximum Gasteiger partial charge on any atom is 0.213 e. The van der Waals surface area contributed by atoms with Gasteiger partial charge in [-0.3, -0.25) is 4.79 Å². The summed E-state index contributed by atoms with van der Waals surface area (Å²) in [7, 11) is 0. The number of rotatable bonds is 4. The van der Waals surface area contributed by atoms with E-state index in [1.165, 1.54) is 18.2 Å². The number of halogens is 2. The molecule has 2 N–H and O–H groups in total. The molecule has 9 heteroatoms. The van der Waals surface area contributed by atoms with Gasteiger partial charge in [0.2, 0.25) is 11.6 Å². The summed E-state index contributed by atoms with van der Waals surface area (Å²) >= 11 is 4.66. The molecule has 1 saturated heterocycles. The molecule has 2 aromatic rings. The summed E-state index contributed by atoms with van der Waals surface area (Å²) in [5, 5.41) is 18.0. The number of anilines is 2. The highest BCUT2D eigenvalue weighted by molar-refractivity contribution is 9.10. The van der Waals surface area contributed by atoms with Crippen LogP contribution in [0.1, 0.15) is 12.8 Å². The Labute approximate surface area is 156 Å². The molecule has 25 heavy (non-hydrogen) atoms. The van der Waals surface area contributed by atoms with E-state index in [1.807, 2.05) is 5.38 Å². The van der Waals surface area contributed by atoms with Crippen molar-refractivity contribution in [1.29, 1.82) is 0 Å². The predicted octanol–water partition coefficient (Wildman–Crippen LogP) is 3.73. The van der Waals surface area contributed by atoms with E-state index in [1.54, 1.807) is 17.5 Å². The lowest BCUT2D eigenvalue weighted by atomic mass is 9.92. The number of Topliss-reactive ketones (excluding diaryl/α,β-unsaturated/α-hetero) is 1. The lowest BCUT2D eigenvalue weighted by Gasteiger charge is -2.31. The Morgan fingerprint density at radius 1 is 1.44 bits per heavy atom. The molecule has 0 atom stereocenters. The van der Waals surface area contributed by atoms with Crippen LogP contribution in [0.4, 0.5) is 15.2 Å². The summed E-state index contributed by atoms with van der Waals surface area (Å²) in [4.78, 5) is 19.0. The van der Waals surface area contributed by atoms with Crippen LogP contribution in [0, 0.1) is 11.7 Å². The third-order valence-corrected chi connectivity index (χ3v) is 5.51. The predicted molar refractivity (Wildman–Crippen MR) is 99.0 cm³/mol. The van der Waals surface area contributed by atoms with Gasteiger partial charge in [0.15, 0.2) is 5.13 Å². The van der Waals surface area contributed by atoms with Crippen LogP contribution in [0.5, 0.6) is 0 Å². The number of hydrogen-bond acceptors (Lipinski definition) is 6. The van der Waals surface area contributed by atoms with Gasteiger partial charge >= 0.3 is 0 Å². The van der Waals surface area contributed by atoms with Gasteiger partial charge in [-0.05, 0) is 47.0 Å². The maximum atomic E-state index is 13.3. The fraction of sp³-hybridized carbons (Fsp3) is 0.312. The van der Waals surface area contributed by atoms with Crippen LogP contribution < -0.4 is 10.2 Å². The topological polar surface area (TPSA) is 77.8 Å². The number of hydrogen-bond donors (Lipinski definition) is 2. The molecule has 3 rings (SSSR count). The zero-order valence-electron chi connectivity index (χ0n) is 13.2. The zero-order valence-corrected chi connectivity index (χ0v) is 15.6. The molecular weight excluding hydrogens is 411 g/mol. The van der Waals surface area contributed by atoms with Crippen LogP contribution >= 0.6 is 27.3 Å². The summed E-state index contributed by atoms with van der Waals surface area (Å²) in [6.45, 7) is 1.45. The molecule has 6 nitrogen and oxygen atoms in total. The molecule has 1 aliphatic heterocycles. The van der Waals surface area contributed by atoms with Gasteiger partial charge in [-0.25, -0.2) is 9.37 Å². The van der Waals surface area contributed by atoms with Crippen molar-refractivity contribution in [1.82, 2.24) is 4.98 Å². The first-order chi connectivity index (χ1) is 12.1. The van der Waals surface area contributed by atoms with Crippen molar-refractivity contribution in [3.05, 3.63) is 40.1 Å². The summed E-state index contributed by atoms with van der Waals surface area (Å²) in [5.74, 6) is -1.01. The van der Waals surface area contributed by atoms with E-state index in [9.17, 15) is 14.4 Å². The third-order valence-electron chi connectivity index (χ3n) is 4.07. The van der Waals surface area contributed by atoms with Gasteiger partial charge in [0.1, 0.15) is 5.82 Å². The smallest absolute Gasteiger partial charge is 0.213 e. The molecule has 1 fully saturated rings. The van der Waals surface area contributed by atoms with Crippen LogP contribution in [-0.2, 0) is 4.79 Å². The van der Waals surface area contributed by atoms with Gasteiger partial charge in [0.05, 0.1) is 4.47 Å². The van der Waals surface area contributed by atoms with Gasteiger partial charge in [-0.1, -0.05) is 5.16 Å². The number of oxime groups is 1. The average molecular weight is 427 g/mol. The Hall–Kier alpha value is -2.00. The van der Waals surface area contributed by atoms with E-state index in [-0.39, 0.29) is 22.0 Å². The summed E-state index contributed by atoms with van der Waals surface area (Å²) in [5.41, 5.74) is 0.467. The van der Waals surface area contributed by atoms with Crippen LogP contribution in [0.15, 0.2) is 39.4 Å². The first kappa shape index (κ1) is 17.8. The number of piperidine rings is 1. The van der Waals surface area contributed by atoms with Crippen molar-refractivity contribution < 1.29 is 14.4 Å². The van der Waals surface area contributed by atoms with Gasteiger partial charge in [0.25, 0.3) is 0 Å². The second-order valence-corrected chi connectivity index (χ2v) is 7.37. The minimum Gasteiger partial charge on any atom is -0.409 e. The Balaban J connectivity index is 1.62. The fourth-order valence-corrected chi connectivity index (χ4v) is 3.82. The van der Waals surface area contributed by atoms with Crippen molar-refractivity contribution in [2.75, 3.05) is 23.3 Å². The molecule has 0 spiro atoms. The van der Waals surface area contributed by atoms with Crippen molar-refractivity contribution in [2.45, 2.75) is 12.8 Å². The van der Waals surface area contributed by atoms with E-state index in [2.05, 4.69) is 36.3 Å². The molecule has 0 bridgehead atoms. The van der Waals surface area contributed by atoms with E-state index < -0.39 is 5.82 Å². The van der Waals surface area contributed by atoms with Crippen LogP contribution in [0.2, 0.25) is 0 Å². The van der Waals surface area contributed by atoms with Gasteiger partial charge in [-0.15, -0.1) is 11.3 Å². The number of carbonyl (C=O) groups is 1. The molecule has 1 aromatic carbocycles. The van der Waals surface area contributed by atoms with E-state index >= 15 is 0 Å². The Morgan fingerprint density at radius 2 is 2.20 bits per heavy atom. The van der Waals surface area contributed by atoms with E-state index in [4.69, 9.17) is 0 Å². The lowest BCUT2D eigenvalue weighted by molar-refractivity contribution is -0.117. The standard InChI is InChI=1S/C16H16BrFN4O2S/c17-12-9-11(1-2-13(12)18)20-15(21-24)14(23)10-3-6-22(7-4-10)16-19-5-8-25-16/h1-2,5,8-10,24H,3-4,6-7H2,(H,20,21). The Kier molecular flexibility index (Phi) is 5.64. The van der Waals surface area contributed by atoms with Crippen molar-refractivity contribution >= 4 is 49.7 Å². The van der Waals surface area contributed by atoms with Crippen molar-refractivity contribution in [2.24, 2.45) is 11.1 Å². The van der Waals surface area contributed by atoms with Gasteiger partial charge in [-0.2, -0.15) is 0 Å². The molecule has 0 aliphatic carbocycles. The number of ketones is 1. The lowest BCUT2D eigenvalue weighted by Crippen LogP contribution is -2.39. The molecule has 0 saturated carbocycles. The monoisotopic (exact) mass is 426 g/mol. The maximum absolute atomic E-state index is 13.3. The first-order valence-electron chi connectivity index (χ1n) is 7.71. The molecule has 0 unspecified atom stereocenters. The highest BCUT2D eigenvalue weighted by Gasteiger charge is 2.29. The highest BCUT2D eigenvalue weighted by atomic mass is 79.9. The summed E-state index contributed by atoms with van der Waals surface area (Å²) < 4.78 is 13.6. The Bertz CT molecular complexity index is 776. The number of thiazole rings is 1. The van der Waals surface area contributed by atoms with Crippen molar-refractivity contribution in [3.63, 3.8) is 0 Å². The second-order valence-electron chi connectivity index (χ2n) is 5.64. The summed E-state index contributed by atoms with van der Waals surface area (Å²) in [6, 6.07) is 4.22. The number of carbonyl (C=O) groups excluding carboxylic acids is 1. The molecule has 132 valence electrons. The number of amidine groups is 1. The highest BCUT2D eigenvalue weighted by Crippen LogP contribution is 2.26. The first-order valence-corrected chi connectivity index (χ1v) is 9.38.